The summed E-state index contributed by atoms with van der Waals surface area (Å²) in [4.78, 5) is 10.4. The summed E-state index contributed by atoms with van der Waals surface area (Å²) in [6.07, 6.45) is 8.60. The number of guanidine groups is 1. The van der Waals surface area contributed by atoms with Crippen LogP contribution < -0.4 is 10.6 Å². The highest BCUT2D eigenvalue weighted by Crippen LogP contribution is 2.18. The molecular formula is C16H28N4S. The van der Waals surface area contributed by atoms with Gasteiger partial charge in [-0.05, 0) is 26.2 Å². The molecule has 0 aliphatic heterocycles. The fourth-order valence-corrected chi connectivity index (χ4v) is 3.87. The Morgan fingerprint density at radius 1 is 1.33 bits per heavy atom. The number of aromatic nitrogens is 1. The van der Waals surface area contributed by atoms with E-state index in [0.29, 0.717) is 6.04 Å². The van der Waals surface area contributed by atoms with Crippen molar-refractivity contribution in [3.63, 3.8) is 0 Å². The number of nitrogens with one attached hydrogen (secondary N) is 2. The van der Waals surface area contributed by atoms with Crippen molar-refractivity contribution in [1.29, 1.82) is 0 Å². The van der Waals surface area contributed by atoms with Crippen LogP contribution in [0.15, 0.2) is 4.99 Å². The first-order chi connectivity index (χ1) is 10.2. The summed E-state index contributed by atoms with van der Waals surface area (Å²) in [5.41, 5.74) is 1.25. The van der Waals surface area contributed by atoms with E-state index in [1.807, 2.05) is 18.4 Å². The summed E-state index contributed by atoms with van der Waals surface area (Å²) in [7, 11) is 1.85. The van der Waals surface area contributed by atoms with Crippen molar-refractivity contribution in [2.24, 2.45) is 4.99 Å². The van der Waals surface area contributed by atoms with Gasteiger partial charge < -0.3 is 10.6 Å². The Hall–Kier alpha value is -1.10. The van der Waals surface area contributed by atoms with Crippen molar-refractivity contribution in [3.8, 4) is 0 Å². The molecule has 0 radical (unpaired) electrons. The van der Waals surface area contributed by atoms with E-state index in [1.54, 1.807) is 0 Å². The van der Waals surface area contributed by atoms with Gasteiger partial charge in [-0.1, -0.05) is 26.2 Å². The Bertz CT molecular complexity index is 461. The van der Waals surface area contributed by atoms with Gasteiger partial charge in [0.2, 0.25) is 0 Å². The molecule has 0 aromatic carbocycles. The van der Waals surface area contributed by atoms with Crippen LogP contribution in [0.25, 0.3) is 0 Å². The third-order valence-electron chi connectivity index (χ3n) is 4.07. The molecule has 0 saturated heterocycles. The fraction of sp³-hybridized carbons (Fsp3) is 0.750. The van der Waals surface area contributed by atoms with Crippen LogP contribution in [0.5, 0.6) is 0 Å². The number of thiazole rings is 1. The predicted octanol–water partition coefficient (Wildman–Crippen LogP) is 3.05. The molecule has 2 rings (SSSR count). The molecular weight excluding hydrogens is 280 g/mol. The van der Waals surface area contributed by atoms with Crippen molar-refractivity contribution in [3.05, 3.63) is 15.6 Å². The number of aryl methyl sites for hydroxylation is 2. The molecule has 1 fully saturated rings. The highest BCUT2D eigenvalue weighted by Gasteiger charge is 2.14. The molecule has 118 valence electrons. The summed E-state index contributed by atoms with van der Waals surface area (Å²) < 4.78 is 0. The molecule has 5 heteroatoms. The summed E-state index contributed by atoms with van der Waals surface area (Å²) in [5.74, 6) is 0.936. The monoisotopic (exact) mass is 308 g/mol. The Balaban J connectivity index is 1.75. The van der Waals surface area contributed by atoms with Gasteiger partial charge in [0.05, 0.1) is 10.7 Å². The minimum Gasteiger partial charge on any atom is -0.356 e. The average molecular weight is 308 g/mol. The Morgan fingerprint density at radius 3 is 2.71 bits per heavy atom. The van der Waals surface area contributed by atoms with Crippen LogP contribution in [0.1, 0.15) is 54.6 Å². The molecule has 0 atom stereocenters. The summed E-state index contributed by atoms with van der Waals surface area (Å²) in [6, 6.07) is 0.596. The maximum Gasteiger partial charge on any atom is 0.191 e. The molecule has 2 N–H and O–H groups in total. The second-order valence-corrected chi connectivity index (χ2v) is 6.98. The highest BCUT2D eigenvalue weighted by atomic mass is 32.1. The second kappa shape index (κ2) is 8.37. The van der Waals surface area contributed by atoms with Crippen LogP contribution in [0.4, 0.5) is 0 Å². The van der Waals surface area contributed by atoms with Gasteiger partial charge in [-0.3, -0.25) is 4.99 Å². The van der Waals surface area contributed by atoms with E-state index in [0.717, 1.165) is 25.3 Å². The molecule has 1 saturated carbocycles. The van der Waals surface area contributed by atoms with Crippen LogP contribution in [0, 0.1) is 6.92 Å². The first kappa shape index (κ1) is 16.3. The molecule has 4 nitrogen and oxygen atoms in total. The molecule has 0 amide bonds. The van der Waals surface area contributed by atoms with E-state index in [9.17, 15) is 0 Å². The van der Waals surface area contributed by atoms with E-state index < -0.39 is 0 Å². The van der Waals surface area contributed by atoms with Gasteiger partial charge in [0, 0.05) is 30.9 Å². The maximum absolute atomic E-state index is 4.68. The third-order valence-corrected chi connectivity index (χ3v) is 5.15. The Labute approximate surface area is 132 Å². The number of rotatable bonds is 5. The third kappa shape index (κ3) is 4.99. The second-order valence-electron chi connectivity index (χ2n) is 5.69. The van der Waals surface area contributed by atoms with Crippen molar-refractivity contribution in [2.75, 3.05) is 13.6 Å². The van der Waals surface area contributed by atoms with Gasteiger partial charge in [0.25, 0.3) is 0 Å². The number of hydrogen-bond donors (Lipinski definition) is 2. The smallest absolute Gasteiger partial charge is 0.191 e. The number of nitrogens with zero attached hydrogens (tertiary/aromatic N) is 2. The molecule has 0 unspecified atom stereocenters. The lowest BCUT2D eigenvalue weighted by molar-refractivity contribution is 0.410. The van der Waals surface area contributed by atoms with Gasteiger partial charge in [0.15, 0.2) is 5.96 Å². The fourth-order valence-electron chi connectivity index (χ4n) is 2.85. The SMILES string of the molecule is CCc1nc(CCNC(=NC)NC2CCCCC2)sc1C. The quantitative estimate of drug-likeness (QED) is 0.649. The van der Waals surface area contributed by atoms with Crippen molar-refractivity contribution < 1.29 is 0 Å². The lowest BCUT2D eigenvalue weighted by Gasteiger charge is -2.24. The lowest BCUT2D eigenvalue weighted by Crippen LogP contribution is -2.44. The maximum atomic E-state index is 4.68. The van der Waals surface area contributed by atoms with Gasteiger partial charge >= 0.3 is 0 Å². The standard InChI is InChI=1S/C16H28N4S/c1-4-14-12(2)21-15(20-14)10-11-18-16(17-3)19-13-8-6-5-7-9-13/h13H,4-11H2,1-3H3,(H2,17,18,19). The number of aliphatic imine (C=N–C) groups is 1. The molecule has 21 heavy (non-hydrogen) atoms. The largest absolute Gasteiger partial charge is 0.356 e. The van der Waals surface area contributed by atoms with E-state index in [2.05, 4.69) is 34.5 Å². The first-order valence-corrected chi connectivity index (χ1v) is 8.97. The van der Waals surface area contributed by atoms with Gasteiger partial charge in [-0.15, -0.1) is 11.3 Å². The average Bonchev–Trinajstić information content (AvgIpc) is 2.87. The molecule has 1 aromatic heterocycles. The van der Waals surface area contributed by atoms with Crippen LogP contribution in [0.3, 0.4) is 0 Å². The van der Waals surface area contributed by atoms with E-state index in [1.165, 1.54) is 47.7 Å². The van der Waals surface area contributed by atoms with Gasteiger partial charge in [-0.2, -0.15) is 0 Å². The van der Waals surface area contributed by atoms with Crippen molar-refractivity contribution >= 4 is 17.3 Å². The van der Waals surface area contributed by atoms with Crippen LogP contribution in [-0.2, 0) is 12.8 Å². The minimum absolute atomic E-state index is 0.596. The normalized spacial score (nSPS) is 17.0. The molecule has 0 spiro atoms. The molecule has 1 aliphatic rings. The van der Waals surface area contributed by atoms with E-state index in [-0.39, 0.29) is 0 Å². The van der Waals surface area contributed by atoms with Crippen LogP contribution in [-0.4, -0.2) is 30.6 Å². The molecule has 1 aliphatic carbocycles. The molecule has 1 heterocycles. The zero-order chi connectivity index (χ0) is 15.1. The minimum atomic E-state index is 0.596. The first-order valence-electron chi connectivity index (χ1n) is 8.15. The molecule has 1 aromatic rings. The lowest BCUT2D eigenvalue weighted by atomic mass is 9.96. The topological polar surface area (TPSA) is 49.3 Å². The van der Waals surface area contributed by atoms with E-state index in [4.69, 9.17) is 0 Å². The van der Waals surface area contributed by atoms with Gasteiger partial charge in [0.1, 0.15) is 0 Å². The molecule has 0 bridgehead atoms. The zero-order valence-electron chi connectivity index (χ0n) is 13.5. The van der Waals surface area contributed by atoms with Gasteiger partial charge in [-0.25, -0.2) is 4.98 Å². The van der Waals surface area contributed by atoms with Crippen LogP contribution in [0.2, 0.25) is 0 Å². The summed E-state index contributed by atoms with van der Waals surface area (Å²) in [5, 5.41) is 8.19. The Kier molecular flexibility index (Phi) is 6.49. The number of hydrogen-bond acceptors (Lipinski definition) is 3. The van der Waals surface area contributed by atoms with E-state index >= 15 is 0 Å². The van der Waals surface area contributed by atoms with Crippen LogP contribution >= 0.6 is 11.3 Å². The van der Waals surface area contributed by atoms with Crippen molar-refractivity contribution in [1.82, 2.24) is 15.6 Å². The van der Waals surface area contributed by atoms with Crippen molar-refractivity contribution in [2.45, 2.75) is 64.8 Å². The summed E-state index contributed by atoms with van der Waals surface area (Å²) >= 11 is 1.82. The Morgan fingerprint density at radius 2 is 2.10 bits per heavy atom. The predicted molar refractivity (Wildman–Crippen MR) is 91.3 cm³/mol. The summed E-state index contributed by atoms with van der Waals surface area (Å²) in [6.45, 7) is 5.22. The highest BCUT2D eigenvalue weighted by molar-refractivity contribution is 7.11. The zero-order valence-corrected chi connectivity index (χ0v) is 14.4.